The van der Waals surface area contributed by atoms with Crippen molar-refractivity contribution in [2.45, 2.75) is 12.8 Å². The van der Waals surface area contributed by atoms with Crippen molar-refractivity contribution in [2.24, 2.45) is 0 Å². The molecule has 0 atom stereocenters. The summed E-state index contributed by atoms with van der Waals surface area (Å²) in [5.41, 5.74) is 1.54. The van der Waals surface area contributed by atoms with Crippen molar-refractivity contribution in [2.75, 3.05) is 0 Å². The summed E-state index contributed by atoms with van der Waals surface area (Å²) < 4.78 is 31.6. The summed E-state index contributed by atoms with van der Waals surface area (Å²) in [4.78, 5) is 4.02. The Morgan fingerprint density at radius 3 is 2.72 bits per heavy atom. The summed E-state index contributed by atoms with van der Waals surface area (Å²) in [5, 5.41) is 0. The molecule has 0 N–H and O–H groups in total. The quantitative estimate of drug-likeness (QED) is 0.779. The second-order valence-corrected chi connectivity index (χ2v) is 4.04. The number of benzene rings is 1. The lowest BCUT2D eigenvalue weighted by Gasteiger charge is -2.09. The fourth-order valence-corrected chi connectivity index (χ4v) is 1.61. The van der Waals surface area contributed by atoms with E-state index < -0.39 is 11.6 Å². The molecule has 0 saturated heterocycles. The van der Waals surface area contributed by atoms with E-state index in [0.29, 0.717) is 11.4 Å². The van der Waals surface area contributed by atoms with E-state index in [0.717, 1.165) is 23.8 Å². The second kappa shape index (κ2) is 5.31. The van der Waals surface area contributed by atoms with E-state index in [2.05, 4.69) is 4.98 Å². The number of alkyl halides is 1. The smallest absolute Gasteiger partial charge is 0.222 e. The number of ether oxygens (including phenoxy) is 1. The molecule has 1 heterocycles. The highest BCUT2D eigenvalue weighted by atomic mass is 35.5. The Hall–Kier alpha value is -1.68. The van der Waals surface area contributed by atoms with E-state index in [1.165, 1.54) is 6.20 Å². The van der Waals surface area contributed by atoms with Gasteiger partial charge in [0.2, 0.25) is 5.88 Å². The number of rotatable bonds is 3. The molecule has 18 heavy (non-hydrogen) atoms. The van der Waals surface area contributed by atoms with Crippen molar-refractivity contribution in [1.82, 2.24) is 4.98 Å². The third-order valence-corrected chi connectivity index (χ3v) is 2.65. The molecule has 0 fully saturated rings. The van der Waals surface area contributed by atoms with Crippen molar-refractivity contribution in [3.8, 4) is 11.6 Å². The van der Waals surface area contributed by atoms with Crippen LogP contribution in [0.15, 0.2) is 30.5 Å². The molecule has 0 aliphatic heterocycles. The lowest BCUT2D eigenvalue weighted by molar-refractivity contribution is 0.419. The summed E-state index contributed by atoms with van der Waals surface area (Å²) in [7, 11) is 0. The highest BCUT2D eigenvalue weighted by Gasteiger charge is 2.09. The van der Waals surface area contributed by atoms with Gasteiger partial charge in [-0.25, -0.2) is 13.8 Å². The van der Waals surface area contributed by atoms with Gasteiger partial charge in [-0.1, -0.05) is 0 Å². The Balaban J connectivity index is 2.31. The molecule has 2 aromatic rings. The molecule has 2 rings (SSSR count). The normalized spacial score (nSPS) is 10.4. The van der Waals surface area contributed by atoms with Gasteiger partial charge in [0.15, 0.2) is 11.6 Å². The fraction of sp³-hybridized carbons (Fsp3) is 0.154. The molecular formula is C13H10ClF2NO. The monoisotopic (exact) mass is 269 g/mol. The first-order valence-corrected chi connectivity index (χ1v) is 5.78. The van der Waals surface area contributed by atoms with Gasteiger partial charge in [-0.05, 0) is 30.7 Å². The van der Waals surface area contributed by atoms with Crippen molar-refractivity contribution in [3.63, 3.8) is 0 Å². The van der Waals surface area contributed by atoms with Crippen LogP contribution in [0.25, 0.3) is 0 Å². The van der Waals surface area contributed by atoms with Crippen LogP contribution in [0.2, 0.25) is 0 Å². The van der Waals surface area contributed by atoms with Crippen molar-refractivity contribution in [3.05, 3.63) is 53.2 Å². The van der Waals surface area contributed by atoms with Crippen LogP contribution >= 0.6 is 11.6 Å². The molecule has 94 valence electrons. The molecule has 0 spiro atoms. The first-order chi connectivity index (χ1) is 8.60. The lowest BCUT2D eigenvalue weighted by Crippen LogP contribution is -1.95. The molecular weight excluding hydrogens is 260 g/mol. The van der Waals surface area contributed by atoms with Crippen LogP contribution < -0.4 is 4.74 Å². The number of halogens is 3. The largest absolute Gasteiger partial charge is 0.436 e. The lowest BCUT2D eigenvalue weighted by atomic mass is 10.2. The molecule has 1 aromatic heterocycles. The van der Waals surface area contributed by atoms with Crippen LogP contribution in [-0.4, -0.2) is 4.98 Å². The van der Waals surface area contributed by atoms with Crippen LogP contribution in [0.3, 0.4) is 0 Å². The van der Waals surface area contributed by atoms with Crippen molar-refractivity contribution in [1.29, 1.82) is 0 Å². The zero-order valence-electron chi connectivity index (χ0n) is 9.58. The van der Waals surface area contributed by atoms with Crippen LogP contribution in [0, 0.1) is 18.6 Å². The Labute approximate surface area is 108 Å². The van der Waals surface area contributed by atoms with Crippen LogP contribution in [0.4, 0.5) is 8.78 Å². The first-order valence-electron chi connectivity index (χ1n) is 5.24. The average Bonchev–Trinajstić information content (AvgIpc) is 2.36. The Morgan fingerprint density at radius 2 is 2.06 bits per heavy atom. The van der Waals surface area contributed by atoms with Gasteiger partial charge in [0.05, 0.1) is 0 Å². The zero-order chi connectivity index (χ0) is 13.1. The maximum Gasteiger partial charge on any atom is 0.222 e. The van der Waals surface area contributed by atoms with Gasteiger partial charge in [0.1, 0.15) is 5.82 Å². The minimum atomic E-state index is -0.640. The summed E-state index contributed by atoms with van der Waals surface area (Å²) in [6.45, 7) is 1.76. The number of hydrogen-bond donors (Lipinski definition) is 0. The third-order valence-electron chi connectivity index (χ3n) is 2.34. The number of pyridine rings is 1. The third kappa shape index (κ3) is 2.76. The molecule has 5 heteroatoms. The van der Waals surface area contributed by atoms with Gasteiger partial charge in [-0.3, -0.25) is 0 Å². The van der Waals surface area contributed by atoms with Gasteiger partial charge >= 0.3 is 0 Å². The molecule has 0 aliphatic carbocycles. The van der Waals surface area contributed by atoms with Crippen molar-refractivity contribution < 1.29 is 13.5 Å². The molecule has 0 unspecified atom stereocenters. The highest BCUT2D eigenvalue weighted by molar-refractivity contribution is 6.17. The van der Waals surface area contributed by atoms with Crippen LogP contribution in [0.5, 0.6) is 11.6 Å². The maximum absolute atomic E-state index is 13.4. The molecule has 0 aliphatic rings. The Morgan fingerprint density at radius 1 is 1.28 bits per heavy atom. The summed E-state index contributed by atoms with van der Waals surface area (Å²) in [6, 6.07) is 4.80. The number of aryl methyl sites for hydroxylation is 1. The fourth-order valence-electron chi connectivity index (χ4n) is 1.46. The Kier molecular flexibility index (Phi) is 3.77. The van der Waals surface area contributed by atoms with Gasteiger partial charge in [0, 0.05) is 23.7 Å². The number of hydrogen-bond acceptors (Lipinski definition) is 2. The van der Waals surface area contributed by atoms with Gasteiger partial charge in [0.25, 0.3) is 0 Å². The maximum atomic E-state index is 13.4. The van der Waals surface area contributed by atoms with Gasteiger partial charge < -0.3 is 4.74 Å². The van der Waals surface area contributed by atoms with Crippen molar-refractivity contribution >= 4 is 11.6 Å². The topological polar surface area (TPSA) is 22.1 Å². The van der Waals surface area contributed by atoms with E-state index in [-0.39, 0.29) is 11.6 Å². The number of nitrogens with zero attached hydrogens (tertiary/aromatic N) is 1. The highest BCUT2D eigenvalue weighted by Crippen LogP contribution is 2.26. The summed E-state index contributed by atoms with van der Waals surface area (Å²) in [6.07, 6.45) is 1.53. The standard InChI is InChI=1S/C13H10ClF2NO/c1-8-4-9(6-14)7-17-13(8)18-12-5-10(15)2-3-11(12)16/h2-5,7H,6H2,1H3. The van der Waals surface area contributed by atoms with Crippen LogP contribution in [0.1, 0.15) is 11.1 Å². The zero-order valence-corrected chi connectivity index (χ0v) is 10.3. The minimum absolute atomic E-state index is 0.191. The van der Waals surface area contributed by atoms with E-state index in [9.17, 15) is 8.78 Å². The van der Waals surface area contributed by atoms with E-state index >= 15 is 0 Å². The molecule has 0 amide bonds. The predicted molar refractivity (Wildman–Crippen MR) is 65.0 cm³/mol. The van der Waals surface area contributed by atoms with Crippen LogP contribution in [-0.2, 0) is 5.88 Å². The van der Waals surface area contributed by atoms with Gasteiger partial charge in [-0.2, -0.15) is 0 Å². The number of aromatic nitrogens is 1. The first kappa shape index (κ1) is 12.8. The minimum Gasteiger partial charge on any atom is -0.436 e. The molecule has 2 nitrogen and oxygen atoms in total. The molecule has 0 saturated carbocycles. The summed E-state index contributed by atoms with van der Waals surface area (Å²) in [5.74, 6) is -0.833. The molecule has 0 bridgehead atoms. The second-order valence-electron chi connectivity index (χ2n) is 3.78. The van der Waals surface area contributed by atoms with E-state index in [4.69, 9.17) is 16.3 Å². The SMILES string of the molecule is Cc1cc(CCl)cnc1Oc1cc(F)ccc1F. The van der Waals surface area contributed by atoms with E-state index in [1.54, 1.807) is 13.0 Å². The average molecular weight is 270 g/mol. The molecule has 1 aromatic carbocycles. The van der Waals surface area contributed by atoms with Gasteiger partial charge in [-0.15, -0.1) is 11.6 Å². The Bertz CT molecular complexity index is 575. The summed E-state index contributed by atoms with van der Waals surface area (Å²) >= 11 is 5.67. The molecule has 0 radical (unpaired) electrons. The predicted octanol–water partition coefficient (Wildman–Crippen LogP) is 4.20. The van der Waals surface area contributed by atoms with E-state index in [1.807, 2.05) is 0 Å².